The van der Waals surface area contributed by atoms with Gasteiger partial charge < -0.3 is 15.3 Å². The molecule has 1 heterocycles. The first-order valence-corrected chi connectivity index (χ1v) is 9.99. The largest absolute Gasteiger partial charge is 0.481 e. The lowest BCUT2D eigenvalue weighted by atomic mass is 9.89. The second-order valence-corrected chi connectivity index (χ2v) is 7.64. The van der Waals surface area contributed by atoms with E-state index in [0.29, 0.717) is 19.6 Å². The number of nitrogens with one attached hydrogen (secondary N) is 1. The van der Waals surface area contributed by atoms with E-state index in [-0.39, 0.29) is 17.9 Å². The predicted molar refractivity (Wildman–Crippen MR) is 109 cm³/mol. The van der Waals surface area contributed by atoms with Crippen LogP contribution in [0.25, 0.3) is 0 Å². The fourth-order valence-electron chi connectivity index (χ4n) is 4.23. The van der Waals surface area contributed by atoms with Crippen molar-refractivity contribution in [2.24, 2.45) is 11.1 Å². The fraction of sp³-hybridized carbons (Fsp3) is 0.391. The Kier molecular flexibility index (Phi) is 5.72. The highest BCUT2D eigenvalue weighted by atomic mass is 16.6. The first-order valence-electron chi connectivity index (χ1n) is 9.99. The number of nitrogens with zero attached hydrogens (tertiary/aromatic N) is 1. The third-order valence-corrected chi connectivity index (χ3v) is 5.87. The van der Waals surface area contributed by atoms with Crippen LogP contribution in [-0.2, 0) is 22.5 Å². The highest BCUT2D eigenvalue weighted by Gasteiger charge is 2.26. The third-order valence-electron chi connectivity index (χ3n) is 5.87. The van der Waals surface area contributed by atoms with Gasteiger partial charge >= 0.3 is 5.97 Å². The molecule has 0 aromatic heterocycles. The lowest BCUT2D eigenvalue weighted by Gasteiger charge is -2.26. The number of benzene rings is 2. The number of aliphatic carboxylic acids is 1. The summed E-state index contributed by atoms with van der Waals surface area (Å²) in [5.74, 6) is -0.931. The summed E-state index contributed by atoms with van der Waals surface area (Å²) in [5.41, 5.74) is 5.31. The number of hydrogen-bond acceptors (Lipinski definition) is 4. The van der Waals surface area contributed by atoms with Gasteiger partial charge in [-0.05, 0) is 47.9 Å². The smallest absolute Gasteiger partial charge is 0.307 e. The van der Waals surface area contributed by atoms with Crippen molar-refractivity contribution in [1.82, 2.24) is 5.32 Å². The van der Waals surface area contributed by atoms with E-state index in [1.54, 1.807) is 0 Å². The minimum atomic E-state index is -0.726. The van der Waals surface area contributed by atoms with Gasteiger partial charge in [-0.15, -0.1) is 0 Å². The Hall–Kier alpha value is -2.66. The van der Waals surface area contributed by atoms with Gasteiger partial charge in [0, 0.05) is 18.5 Å². The SMILES string of the molecule is O=C(O)[C@@H]1CC[C@H](CO/N=C/C2c3ccccc3CCc3ccccc32)NC1. The second kappa shape index (κ2) is 8.57. The van der Waals surface area contributed by atoms with Crippen LogP contribution in [0, 0.1) is 5.92 Å². The highest BCUT2D eigenvalue weighted by Crippen LogP contribution is 2.33. The zero-order valence-electron chi connectivity index (χ0n) is 15.9. The number of oxime groups is 1. The molecule has 1 fully saturated rings. The molecule has 2 aromatic rings. The average molecular weight is 378 g/mol. The number of carbonyl (C=O) groups is 1. The highest BCUT2D eigenvalue weighted by molar-refractivity contribution is 5.75. The van der Waals surface area contributed by atoms with Crippen LogP contribution >= 0.6 is 0 Å². The van der Waals surface area contributed by atoms with E-state index in [0.717, 1.165) is 19.3 Å². The number of hydrogen-bond donors (Lipinski definition) is 2. The first-order chi connectivity index (χ1) is 13.7. The topological polar surface area (TPSA) is 70.9 Å². The van der Waals surface area contributed by atoms with Crippen LogP contribution in [0.15, 0.2) is 53.7 Å². The van der Waals surface area contributed by atoms with Gasteiger partial charge in [0.2, 0.25) is 0 Å². The first kappa shape index (κ1) is 18.7. The van der Waals surface area contributed by atoms with Gasteiger partial charge in [0.25, 0.3) is 0 Å². The molecule has 28 heavy (non-hydrogen) atoms. The molecule has 0 saturated carbocycles. The summed E-state index contributed by atoms with van der Waals surface area (Å²) >= 11 is 0. The maximum Gasteiger partial charge on any atom is 0.307 e. The van der Waals surface area contributed by atoms with Gasteiger partial charge in [0.1, 0.15) is 6.61 Å². The molecule has 0 bridgehead atoms. The van der Waals surface area contributed by atoms with E-state index in [2.05, 4.69) is 59.0 Å². The van der Waals surface area contributed by atoms with Crippen LogP contribution in [0.5, 0.6) is 0 Å². The minimum absolute atomic E-state index is 0.0885. The van der Waals surface area contributed by atoms with E-state index in [9.17, 15) is 4.79 Å². The van der Waals surface area contributed by atoms with Crippen molar-refractivity contribution >= 4 is 12.2 Å². The molecule has 0 amide bonds. The van der Waals surface area contributed by atoms with Crippen molar-refractivity contribution in [2.45, 2.75) is 37.6 Å². The Labute approximate surface area is 165 Å². The van der Waals surface area contributed by atoms with Crippen LogP contribution in [0.4, 0.5) is 0 Å². The summed E-state index contributed by atoms with van der Waals surface area (Å²) in [7, 11) is 0. The zero-order chi connectivity index (χ0) is 19.3. The third kappa shape index (κ3) is 4.09. The van der Waals surface area contributed by atoms with Crippen molar-refractivity contribution in [2.75, 3.05) is 13.2 Å². The molecule has 2 atom stereocenters. The van der Waals surface area contributed by atoms with Crippen LogP contribution in [0.1, 0.15) is 41.0 Å². The maximum absolute atomic E-state index is 11.0. The molecule has 2 aliphatic rings. The molecule has 2 N–H and O–H groups in total. The number of aryl methyl sites for hydroxylation is 2. The molecule has 5 nitrogen and oxygen atoms in total. The molecular weight excluding hydrogens is 352 g/mol. The van der Waals surface area contributed by atoms with Gasteiger partial charge in [-0.25, -0.2) is 0 Å². The number of carboxylic acid groups (broad SMARTS) is 1. The molecule has 4 rings (SSSR count). The summed E-state index contributed by atoms with van der Waals surface area (Å²) in [6.45, 7) is 0.954. The van der Waals surface area contributed by atoms with Crippen molar-refractivity contribution in [3.05, 3.63) is 70.8 Å². The van der Waals surface area contributed by atoms with Crippen LogP contribution in [0.3, 0.4) is 0 Å². The summed E-state index contributed by atoms with van der Waals surface area (Å²) in [5, 5.41) is 16.6. The molecule has 1 saturated heterocycles. The Morgan fingerprint density at radius 1 is 1.07 bits per heavy atom. The Bertz CT molecular complexity index is 809. The normalized spacial score (nSPS) is 22.3. The lowest BCUT2D eigenvalue weighted by Crippen LogP contribution is -2.43. The van der Waals surface area contributed by atoms with Crippen molar-refractivity contribution in [3.63, 3.8) is 0 Å². The summed E-state index contributed by atoms with van der Waals surface area (Å²) in [4.78, 5) is 16.6. The van der Waals surface area contributed by atoms with Gasteiger partial charge in [0.15, 0.2) is 0 Å². The van der Waals surface area contributed by atoms with Gasteiger partial charge in [0.05, 0.1) is 12.1 Å². The molecule has 0 radical (unpaired) electrons. The maximum atomic E-state index is 11.0. The molecule has 5 heteroatoms. The number of carboxylic acids is 1. The lowest BCUT2D eigenvalue weighted by molar-refractivity contribution is -0.142. The minimum Gasteiger partial charge on any atom is -0.481 e. The number of fused-ring (bicyclic) bond motifs is 2. The average Bonchev–Trinajstić information content (AvgIpc) is 2.89. The molecule has 1 aliphatic heterocycles. The Morgan fingerprint density at radius 2 is 1.71 bits per heavy atom. The van der Waals surface area contributed by atoms with Gasteiger partial charge in [-0.3, -0.25) is 4.79 Å². The number of piperidine rings is 1. The standard InChI is InChI=1S/C23H26N2O3/c26-23(27)18-11-12-19(24-13-18)15-28-25-14-22-20-7-3-1-5-16(20)9-10-17-6-2-4-8-21(17)22/h1-8,14,18-19,22,24H,9-13,15H2,(H,26,27)/b25-14+/t18-,19-/m1/s1. The molecule has 146 valence electrons. The molecule has 0 spiro atoms. The van der Waals surface area contributed by atoms with E-state index in [4.69, 9.17) is 9.94 Å². The summed E-state index contributed by atoms with van der Waals surface area (Å²) < 4.78 is 0. The fourth-order valence-corrected chi connectivity index (χ4v) is 4.23. The monoisotopic (exact) mass is 378 g/mol. The summed E-state index contributed by atoms with van der Waals surface area (Å²) in [6, 6.07) is 17.3. The van der Waals surface area contributed by atoms with E-state index < -0.39 is 5.97 Å². The van der Waals surface area contributed by atoms with Crippen LogP contribution < -0.4 is 5.32 Å². The van der Waals surface area contributed by atoms with E-state index in [1.807, 2.05) is 6.21 Å². The quantitative estimate of drug-likeness (QED) is 0.618. The van der Waals surface area contributed by atoms with Crippen LogP contribution in [0.2, 0.25) is 0 Å². The predicted octanol–water partition coefficient (Wildman–Crippen LogP) is 3.37. The van der Waals surface area contributed by atoms with Crippen molar-refractivity contribution < 1.29 is 14.7 Å². The van der Waals surface area contributed by atoms with Crippen molar-refractivity contribution in [3.8, 4) is 0 Å². The van der Waals surface area contributed by atoms with E-state index in [1.165, 1.54) is 22.3 Å². The molecule has 1 aliphatic carbocycles. The molecule has 0 unspecified atom stereocenters. The molecule has 2 aromatic carbocycles. The van der Waals surface area contributed by atoms with Crippen molar-refractivity contribution in [1.29, 1.82) is 0 Å². The van der Waals surface area contributed by atoms with Gasteiger partial charge in [-0.1, -0.05) is 53.7 Å². The molecular formula is C23H26N2O3. The second-order valence-electron chi connectivity index (χ2n) is 7.64. The summed E-state index contributed by atoms with van der Waals surface area (Å²) in [6.07, 6.45) is 5.46. The Balaban J connectivity index is 1.43. The van der Waals surface area contributed by atoms with Gasteiger partial charge in [-0.2, -0.15) is 0 Å². The number of rotatable bonds is 5. The Morgan fingerprint density at radius 3 is 2.29 bits per heavy atom. The van der Waals surface area contributed by atoms with Crippen LogP contribution in [-0.4, -0.2) is 36.5 Å². The van der Waals surface area contributed by atoms with E-state index >= 15 is 0 Å². The zero-order valence-corrected chi connectivity index (χ0v) is 15.9.